The van der Waals surface area contributed by atoms with Crippen molar-refractivity contribution in [3.05, 3.63) is 48.2 Å². The van der Waals surface area contributed by atoms with Crippen LogP contribution >= 0.6 is 11.8 Å². The third kappa shape index (κ3) is 3.99. The normalized spacial score (nSPS) is 11.7. The van der Waals surface area contributed by atoms with Crippen LogP contribution in [0.3, 0.4) is 0 Å². The molecule has 0 aliphatic rings. The van der Waals surface area contributed by atoms with Crippen LogP contribution in [0.4, 0.5) is 13.2 Å². The molecule has 1 amide bonds. The van der Waals surface area contributed by atoms with Gasteiger partial charge in [-0.25, -0.2) is 19.5 Å². The van der Waals surface area contributed by atoms with E-state index in [4.69, 9.17) is 5.11 Å². The molecular formula is C18H11F3N6O4S. The van der Waals surface area contributed by atoms with Crippen molar-refractivity contribution in [1.82, 2.24) is 29.9 Å². The first-order chi connectivity index (χ1) is 15.1. The van der Waals surface area contributed by atoms with Crippen molar-refractivity contribution in [3.63, 3.8) is 0 Å². The fraction of sp³-hybridized carbons (Fsp3) is 0.111. The fourth-order valence-electron chi connectivity index (χ4n) is 2.84. The van der Waals surface area contributed by atoms with E-state index in [1.165, 1.54) is 22.7 Å². The Morgan fingerprint density at radius 2 is 2.00 bits per heavy atom. The zero-order chi connectivity index (χ0) is 23.0. The van der Waals surface area contributed by atoms with E-state index in [0.717, 1.165) is 24.3 Å². The maximum Gasteiger partial charge on any atom is 0.451 e. The van der Waals surface area contributed by atoms with E-state index < -0.39 is 36.2 Å². The molecule has 4 rings (SSSR count). The first-order valence-corrected chi connectivity index (χ1v) is 9.53. The summed E-state index contributed by atoms with van der Waals surface area (Å²) in [6.45, 7) is -0.662. The van der Waals surface area contributed by atoms with Crippen molar-refractivity contribution < 1.29 is 33.0 Å². The number of hydrogen-bond acceptors (Lipinski definition) is 8. The summed E-state index contributed by atoms with van der Waals surface area (Å²) in [7, 11) is 0. The highest BCUT2D eigenvalue weighted by molar-refractivity contribution is 7.99. The Morgan fingerprint density at radius 1 is 1.22 bits per heavy atom. The highest BCUT2D eigenvalue weighted by Gasteiger charge is 2.34. The van der Waals surface area contributed by atoms with Crippen LogP contribution in [0, 0.1) is 0 Å². The van der Waals surface area contributed by atoms with E-state index in [2.05, 4.69) is 25.4 Å². The predicted octanol–water partition coefficient (Wildman–Crippen LogP) is 2.36. The molecule has 10 nitrogen and oxygen atoms in total. The number of nitrogens with zero attached hydrogens (tertiary/aromatic N) is 5. The molecule has 0 saturated heterocycles. The van der Waals surface area contributed by atoms with Gasteiger partial charge in [0.2, 0.25) is 5.82 Å². The maximum absolute atomic E-state index is 12.9. The van der Waals surface area contributed by atoms with Crippen molar-refractivity contribution in [2.24, 2.45) is 0 Å². The van der Waals surface area contributed by atoms with E-state index in [0.29, 0.717) is 10.3 Å². The second-order valence-electron chi connectivity index (χ2n) is 6.30. The second-order valence-corrected chi connectivity index (χ2v) is 7.36. The van der Waals surface area contributed by atoms with Gasteiger partial charge in [0, 0.05) is 22.5 Å². The lowest BCUT2D eigenvalue weighted by molar-refractivity contribution is -0.144. The van der Waals surface area contributed by atoms with Crippen LogP contribution in [0.1, 0.15) is 16.2 Å². The van der Waals surface area contributed by atoms with Crippen molar-refractivity contribution >= 4 is 40.2 Å². The van der Waals surface area contributed by atoms with Crippen molar-refractivity contribution in [3.8, 4) is 5.75 Å². The number of aliphatic carboxylic acids is 1. The molecule has 0 unspecified atom stereocenters. The van der Waals surface area contributed by atoms with Crippen LogP contribution in [0.25, 0.3) is 16.6 Å². The lowest BCUT2D eigenvalue weighted by atomic mass is 10.2. The van der Waals surface area contributed by atoms with E-state index >= 15 is 0 Å². The number of aromatic hydroxyl groups is 1. The summed E-state index contributed by atoms with van der Waals surface area (Å²) in [6, 6.07) is 5.77. The molecular weight excluding hydrogens is 453 g/mol. The Kier molecular flexibility index (Phi) is 5.30. The first kappa shape index (κ1) is 21.3. The molecule has 0 fully saturated rings. The van der Waals surface area contributed by atoms with Crippen LogP contribution in [-0.2, 0) is 11.0 Å². The van der Waals surface area contributed by atoms with E-state index in [-0.39, 0.29) is 21.8 Å². The van der Waals surface area contributed by atoms with Gasteiger partial charge in [0.15, 0.2) is 5.65 Å². The van der Waals surface area contributed by atoms with E-state index in [1.54, 1.807) is 6.07 Å². The number of nitrogens with one attached hydrogen (secondary N) is 1. The zero-order valence-electron chi connectivity index (χ0n) is 15.7. The Bertz CT molecular complexity index is 1370. The molecule has 0 saturated carbocycles. The van der Waals surface area contributed by atoms with Gasteiger partial charge in [-0.15, -0.1) is 0 Å². The summed E-state index contributed by atoms with van der Waals surface area (Å²) in [5.74, 6) is -3.88. The number of alkyl halides is 3. The number of hydrogen-bond donors (Lipinski definition) is 3. The van der Waals surface area contributed by atoms with Crippen molar-refractivity contribution in [1.29, 1.82) is 0 Å². The van der Waals surface area contributed by atoms with Crippen LogP contribution in [0.15, 0.2) is 46.7 Å². The summed E-state index contributed by atoms with van der Waals surface area (Å²) in [5.41, 5.74) is -0.239. The number of benzene rings is 1. The van der Waals surface area contributed by atoms with Gasteiger partial charge >= 0.3 is 12.1 Å². The van der Waals surface area contributed by atoms with Crippen molar-refractivity contribution in [2.75, 3.05) is 6.54 Å². The van der Waals surface area contributed by atoms with Crippen molar-refractivity contribution in [2.45, 2.75) is 16.1 Å². The first-order valence-electron chi connectivity index (χ1n) is 8.71. The molecule has 3 N–H and O–H groups in total. The number of amides is 1. The molecule has 0 aliphatic heterocycles. The Morgan fingerprint density at radius 3 is 2.72 bits per heavy atom. The highest BCUT2D eigenvalue weighted by atomic mass is 32.2. The minimum Gasteiger partial charge on any atom is -0.507 e. The monoisotopic (exact) mass is 464 g/mol. The number of fused-ring (bicyclic) bond motifs is 2. The number of carboxylic acid groups (broad SMARTS) is 1. The smallest absolute Gasteiger partial charge is 0.451 e. The number of rotatable bonds is 5. The largest absolute Gasteiger partial charge is 0.507 e. The third-order valence-electron chi connectivity index (χ3n) is 4.18. The molecule has 3 aromatic heterocycles. The van der Waals surface area contributed by atoms with Gasteiger partial charge < -0.3 is 15.5 Å². The van der Waals surface area contributed by atoms with Crippen LogP contribution in [0.2, 0.25) is 0 Å². The number of pyridine rings is 1. The van der Waals surface area contributed by atoms with Gasteiger partial charge in [-0.2, -0.15) is 18.3 Å². The Hall–Kier alpha value is -3.94. The van der Waals surface area contributed by atoms with Crippen LogP contribution in [-0.4, -0.2) is 53.2 Å². The van der Waals surface area contributed by atoms with Gasteiger partial charge in [-0.05, 0) is 12.1 Å². The van der Waals surface area contributed by atoms with Gasteiger partial charge in [0.05, 0.1) is 5.52 Å². The average Bonchev–Trinajstić information content (AvgIpc) is 3.21. The number of aromatic nitrogens is 5. The van der Waals surface area contributed by atoms with Gasteiger partial charge in [-0.3, -0.25) is 9.59 Å². The number of carboxylic acids is 1. The Labute approximate surface area is 180 Å². The van der Waals surface area contributed by atoms with Gasteiger partial charge in [0.25, 0.3) is 5.91 Å². The number of carbonyl (C=O) groups is 2. The molecule has 0 aliphatic carbocycles. The summed E-state index contributed by atoms with van der Waals surface area (Å²) >= 11 is 1.03. The third-order valence-corrected chi connectivity index (χ3v) is 5.25. The lowest BCUT2D eigenvalue weighted by Crippen LogP contribution is -2.29. The summed E-state index contributed by atoms with van der Waals surface area (Å²) < 4.78 is 40.0. The molecule has 3 heterocycles. The van der Waals surface area contributed by atoms with Crippen LogP contribution in [0.5, 0.6) is 5.75 Å². The molecule has 0 spiro atoms. The standard InChI is InChI=1S/C18H11F3N6O4S/c19-18(20,21)17-23-5-8-9(26-17)2-1-3-11(8)32-12-4-10(28)14(15-24-7-25-27(12)15)16(31)22-6-13(29)30/h1-5,7,28H,6H2,(H,22,31)(H,29,30). The second kappa shape index (κ2) is 7.96. The molecule has 0 atom stereocenters. The summed E-state index contributed by atoms with van der Waals surface area (Å²) in [4.78, 5) is 34.4. The lowest BCUT2D eigenvalue weighted by Gasteiger charge is -2.12. The van der Waals surface area contributed by atoms with Crippen LogP contribution < -0.4 is 5.32 Å². The van der Waals surface area contributed by atoms with E-state index in [9.17, 15) is 27.9 Å². The average molecular weight is 464 g/mol. The maximum atomic E-state index is 12.9. The zero-order valence-corrected chi connectivity index (χ0v) is 16.5. The number of carbonyl (C=O) groups excluding carboxylic acids is 1. The highest BCUT2D eigenvalue weighted by Crippen LogP contribution is 2.37. The SMILES string of the molecule is O=C(O)CNC(=O)c1c(O)cc(Sc2cccc3nc(C(F)(F)F)ncc23)n2ncnc12. The fourth-order valence-corrected chi connectivity index (χ4v) is 3.87. The predicted molar refractivity (Wildman–Crippen MR) is 103 cm³/mol. The topological polar surface area (TPSA) is 143 Å². The molecule has 14 heteroatoms. The molecule has 1 aromatic carbocycles. The Balaban J connectivity index is 1.75. The van der Waals surface area contributed by atoms with E-state index in [1.807, 2.05) is 0 Å². The molecule has 4 aromatic rings. The quantitative estimate of drug-likeness (QED) is 0.406. The summed E-state index contributed by atoms with van der Waals surface area (Å²) in [5, 5.41) is 25.9. The minimum atomic E-state index is -4.69. The van der Waals surface area contributed by atoms with Gasteiger partial charge in [-0.1, -0.05) is 17.8 Å². The summed E-state index contributed by atoms with van der Waals surface area (Å²) in [6.07, 6.45) is -2.50. The molecule has 0 radical (unpaired) electrons. The van der Waals surface area contributed by atoms with Gasteiger partial charge in [0.1, 0.15) is 29.2 Å². The number of halogens is 3. The molecule has 0 bridgehead atoms. The molecule has 164 valence electrons. The minimum absolute atomic E-state index is 0.0359. The molecule has 32 heavy (non-hydrogen) atoms.